The van der Waals surface area contributed by atoms with Crippen molar-refractivity contribution in [3.05, 3.63) is 23.2 Å². The highest BCUT2D eigenvalue weighted by atomic mass is 35.5. The molecular formula is C12H16ClNO5S. The molecule has 1 aromatic rings. The lowest BCUT2D eigenvalue weighted by Crippen LogP contribution is -2.44. The van der Waals surface area contributed by atoms with Crippen LogP contribution < -0.4 is 9.46 Å². The van der Waals surface area contributed by atoms with Crippen LogP contribution in [0.1, 0.15) is 13.8 Å². The summed E-state index contributed by atoms with van der Waals surface area (Å²) in [6.07, 6.45) is 0. The van der Waals surface area contributed by atoms with Crippen LogP contribution in [0.3, 0.4) is 0 Å². The zero-order valence-corrected chi connectivity index (χ0v) is 12.8. The molecule has 0 amide bonds. The van der Waals surface area contributed by atoms with Gasteiger partial charge in [-0.1, -0.05) is 25.4 Å². The van der Waals surface area contributed by atoms with Gasteiger partial charge in [0.25, 0.3) is 0 Å². The number of carboxylic acids is 1. The largest absolute Gasteiger partial charge is 0.495 e. The van der Waals surface area contributed by atoms with Gasteiger partial charge in [-0.25, -0.2) is 8.42 Å². The van der Waals surface area contributed by atoms with E-state index in [1.54, 1.807) is 13.8 Å². The Morgan fingerprint density at radius 2 is 2.00 bits per heavy atom. The number of carboxylic acid groups (broad SMARTS) is 1. The number of hydrogen-bond donors (Lipinski definition) is 2. The first kappa shape index (κ1) is 16.7. The molecule has 6 nitrogen and oxygen atoms in total. The molecule has 0 fully saturated rings. The number of aliphatic carboxylic acids is 1. The fraction of sp³-hybridized carbons (Fsp3) is 0.417. The Morgan fingerprint density at radius 3 is 2.40 bits per heavy atom. The highest BCUT2D eigenvalue weighted by Crippen LogP contribution is 2.27. The standard InChI is InChI=1S/C12H16ClNO5S/c1-7(2)11(12(15)16)14-20(17,18)8-4-5-10(19-3)9(13)6-8/h4-7,11,14H,1-3H3,(H,15,16). The molecule has 0 heterocycles. The van der Waals surface area contributed by atoms with Crippen LogP contribution in [0.4, 0.5) is 0 Å². The molecule has 1 rings (SSSR count). The van der Waals surface area contributed by atoms with Gasteiger partial charge in [-0.2, -0.15) is 4.72 Å². The van der Waals surface area contributed by atoms with Crippen LogP contribution in [0.2, 0.25) is 5.02 Å². The maximum absolute atomic E-state index is 12.1. The molecule has 0 spiro atoms. The van der Waals surface area contributed by atoms with Crippen molar-refractivity contribution in [1.82, 2.24) is 4.72 Å². The predicted molar refractivity (Wildman–Crippen MR) is 74.6 cm³/mol. The molecule has 2 N–H and O–H groups in total. The zero-order chi connectivity index (χ0) is 15.5. The number of methoxy groups -OCH3 is 1. The van der Waals surface area contributed by atoms with Gasteiger partial charge in [0.1, 0.15) is 11.8 Å². The molecule has 1 atom stereocenters. The van der Waals surface area contributed by atoms with Gasteiger partial charge in [0.2, 0.25) is 10.0 Å². The smallest absolute Gasteiger partial charge is 0.322 e. The molecule has 0 radical (unpaired) electrons. The topological polar surface area (TPSA) is 92.7 Å². The number of nitrogens with one attached hydrogen (secondary N) is 1. The van der Waals surface area contributed by atoms with Gasteiger partial charge in [-0.3, -0.25) is 4.79 Å². The molecule has 1 unspecified atom stereocenters. The van der Waals surface area contributed by atoms with E-state index in [4.69, 9.17) is 21.4 Å². The van der Waals surface area contributed by atoms with E-state index in [-0.39, 0.29) is 9.92 Å². The molecular weight excluding hydrogens is 306 g/mol. The number of rotatable bonds is 6. The van der Waals surface area contributed by atoms with Crippen LogP contribution in [0.15, 0.2) is 23.1 Å². The maximum Gasteiger partial charge on any atom is 0.322 e. The fourth-order valence-corrected chi connectivity index (χ4v) is 3.21. The third kappa shape index (κ3) is 3.84. The quantitative estimate of drug-likeness (QED) is 0.832. The van der Waals surface area contributed by atoms with Crippen LogP contribution >= 0.6 is 11.6 Å². The highest BCUT2D eigenvalue weighted by molar-refractivity contribution is 7.89. The fourth-order valence-electron chi connectivity index (χ4n) is 1.52. The second-order valence-electron chi connectivity index (χ2n) is 4.48. The van der Waals surface area contributed by atoms with Crippen molar-refractivity contribution in [3.63, 3.8) is 0 Å². The van der Waals surface area contributed by atoms with Gasteiger partial charge in [0.05, 0.1) is 17.0 Å². The van der Waals surface area contributed by atoms with E-state index >= 15 is 0 Å². The second kappa shape index (κ2) is 6.43. The minimum Gasteiger partial charge on any atom is -0.495 e. The van der Waals surface area contributed by atoms with Crippen molar-refractivity contribution in [2.45, 2.75) is 24.8 Å². The van der Waals surface area contributed by atoms with Crippen LogP contribution in [-0.2, 0) is 14.8 Å². The van der Waals surface area contributed by atoms with Crippen LogP contribution in [-0.4, -0.2) is 32.6 Å². The van der Waals surface area contributed by atoms with E-state index in [0.29, 0.717) is 5.75 Å². The van der Waals surface area contributed by atoms with Crippen LogP contribution in [0.5, 0.6) is 5.75 Å². The Labute approximate surface area is 122 Å². The van der Waals surface area contributed by atoms with Crippen molar-refractivity contribution in [2.24, 2.45) is 5.92 Å². The number of benzene rings is 1. The molecule has 0 aromatic heterocycles. The van der Waals surface area contributed by atoms with Gasteiger partial charge in [0.15, 0.2) is 0 Å². The number of ether oxygens (including phenoxy) is 1. The van der Waals surface area contributed by atoms with Crippen molar-refractivity contribution in [1.29, 1.82) is 0 Å². The Balaban J connectivity index is 3.11. The molecule has 0 aliphatic heterocycles. The number of sulfonamides is 1. The highest BCUT2D eigenvalue weighted by Gasteiger charge is 2.28. The summed E-state index contributed by atoms with van der Waals surface area (Å²) in [6.45, 7) is 3.23. The summed E-state index contributed by atoms with van der Waals surface area (Å²) >= 11 is 5.86. The Bertz CT molecular complexity index is 600. The normalized spacial score (nSPS) is 13.2. The monoisotopic (exact) mass is 321 g/mol. The van der Waals surface area contributed by atoms with Crippen LogP contribution in [0, 0.1) is 5.92 Å². The van der Waals surface area contributed by atoms with E-state index in [1.807, 2.05) is 0 Å². The molecule has 20 heavy (non-hydrogen) atoms. The van der Waals surface area contributed by atoms with E-state index in [1.165, 1.54) is 25.3 Å². The molecule has 0 bridgehead atoms. The summed E-state index contributed by atoms with van der Waals surface area (Å²) in [5.74, 6) is -1.29. The number of hydrogen-bond acceptors (Lipinski definition) is 4. The minimum absolute atomic E-state index is 0.116. The summed E-state index contributed by atoms with van der Waals surface area (Å²) in [5, 5.41) is 9.15. The second-order valence-corrected chi connectivity index (χ2v) is 6.60. The van der Waals surface area contributed by atoms with Gasteiger partial charge >= 0.3 is 5.97 Å². The first-order valence-corrected chi connectivity index (χ1v) is 7.64. The first-order valence-electron chi connectivity index (χ1n) is 5.77. The third-order valence-corrected chi connectivity index (χ3v) is 4.38. The summed E-state index contributed by atoms with van der Waals surface area (Å²) in [6, 6.07) is 2.71. The Kier molecular flexibility index (Phi) is 5.38. The summed E-state index contributed by atoms with van der Waals surface area (Å²) in [5.41, 5.74) is 0. The van der Waals surface area contributed by atoms with E-state index in [9.17, 15) is 13.2 Å². The number of carbonyl (C=O) groups is 1. The summed E-state index contributed by atoms with van der Waals surface area (Å²) in [7, 11) is -2.56. The lowest BCUT2D eigenvalue weighted by atomic mass is 10.1. The molecule has 0 saturated carbocycles. The minimum atomic E-state index is -3.97. The van der Waals surface area contributed by atoms with Crippen molar-refractivity contribution < 1.29 is 23.1 Å². The molecule has 0 saturated heterocycles. The summed E-state index contributed by atoms with van der Waals surface area (Å²) in [4.78, 5) is 10.9. The van der Waals surface area contributed by atoms with Gasteiger partial charge in [0, 0.05) is 0 Å². The lowest BCUT2D eigenvalue weighted by molar-refractivity contribution is -0.140. The van der Waals surface area contributed by atoms with E-state index in [2.05, 4.69) is 4.72 Å². The maximum atomic E-state index is 12.1. The lowest BCUT2D eigenvalue weighted by Gasteiger charge is -2.18. The molecule has 1 aromatic carbocycles. The van der Waals surface area contributed by atoms with Gasteiger partial charge in [-0.15, -0.1) is 0 Å². The average molecular weight is 322 g/mol. The first-order chi connectivity index (χ1) is 9.19. The molecule has 0 aliphatic rings. The zero-order valence-electron chi connectivity index (χ0n) is 11.3. The third-order valence-electron chi connectivity index (χ3n) is 2.65. The van der Waals surface area contributed by atoms with E-state index in [0.717, 1.165) is 0 Å². The number of halogens is 1. The summed E-state index contributed by atoms with van der Waals surface area (Å²) < 4.78 is 31.3. The van der Waals surface area contributed by atoms with Crippen LogP contribution in [0.25, 0.3) is 0 Å². The molecule has 0 aliphatic carbocycles. The van der Waals surface area contributed by atoms with E-state index < -0.39 is 28.0 Å². The molecule has 8 heteroatoms. The van der Waals surface area contributed by atoms with Gasteiger partial charge < -0.3 is 9.84 Å². The Morgan fingerprint density at radius 1 is 1.40 bits per heavy atom. The molecule has 112 valence electrons. The Hall–Kier alpha value is -1.31. The SMILES string of the molecule is COc1ccc(S(=O)(=O)NC(C(=O)O)C(C)C)cc1Cl. The van der Waals surface area contributed by atoms with Crippen molar-refractivity contribution in [3.8, 4) is 5.75 Å². The van der Waals surface area contributed by atoms with Crippen molar-refractivity contribution in [2.75, 3.05) is 7.11 Å². The van der Waals surface area contributed by atoms with Crippen molar-refractivity contribution >= 4 is 27.6 Å². The van der Waals surface area contributed by atoms with Gasteiger partial charge in [-0.05, 0) is 24.1 Å². The predicted octanol–water partition coefficient (Wildman–Crippen LogP) is 1.74. The average Bonchev–Trinajstić information content (AvgIpc) is 2.35.